The molecule has 2 N–H and O–H groups in total. The van der Waals surface area contributed by atoms with Crippen LogP contribution in [-0.2, 0) is 0 Å². The quantitative estimate of drug-likeness (QED) is 0.882. The van der Waals surface area contributed by atoms with Crippen LogP contribution in [0.15, 0.2) is 18.2 Å². The van der Waals surface area contributed by atoms with Crippen LogP contribution in [0.1, 0.15) is 35.7 Å². The van der Waals surface area contributed by atoms with Gasteiger partial charge in [-0.2, -0.15) is 0 Å². The Hall–Kier alpha value is -0.770. The number of carbonyl (C=O) groups is 1. The highest BCUT2D eigenvalue weighted by molar-refractivity contribution is 6.33. The van der Waals surface area contributed by atoms with Gasteiger partial charge in [-0.15, -0.1) is 12.4 Å². The first-order valence-electron chi connectivity index (χ1n) is 6.30. The van der Waals surface area contributed by atoms with E-state index in [1.54, 1.807) is 6.07 Å². The minimum absolute atomic E-state index is 0. The summed E-state index contributed by atoms with van der Waals surface area (Å²) in [5, 5.41) is 6.92. The van der Waals surface area contributed by atoms with Crippen LogP contribution in [-0.4, -0.2) is 24.5 Å². The molecule has 1 fully saturated rings. The lowest BCUT2D eigenvalue weighted by atomic mass is 9.90. The summed E-state index contributed by atoms with van der Waals surface area (Å²) in [5.74, 6) is -0.0793. The Kier molecular flexibility index (Phi) is 5.65. The SMILES string of the molecule is Cc1ccc(C(=O)NC2(C)CCNCC2)c(Cl)c1.Cl. The number of benzene rings is 1. The maximum Gasteiger partial charge on any atom is 0.253 e. The largest absolute Gasteiger partial charge is 0.347 e. The van der Waals surface area contributed by atoms with Gasteiger partial charge in [0.15, 0.2) is 0 Å². The number of hydrogen-bond acceptors (Lipinski definition) is 2. The van der Waals surface area contributed by atoms with Gasteiger partial charge in [-0.1, -0.05) is 17.7 Å². The molecule has 2 rings (SSSR count). The minimum atomic E-state index is -0.128. The van der Waals surface area contributed by atoms with E-state index in [-0.39, 0.29) is 23.9 Å². The molecule has 1 aromatic rings. The van der Waals surface area contributed by atoms with Crippen LogP contribution in [0.25, 0.3) is 0 Å². The predicted octanol–water partition coefficient (Wildman–Crippen LogP) is 2.94. The molecule has 1 aromatic carbocycles. The van der Waals surface area contributed by atoms with Crippen molar-refractivity contribution < 1.29 is 4.79 Å². The van der Waals surface area contributed by atoms with Gasteiger partial charge in [-0.05, 0) is 57.5 Å². The molecule has 0 radical (unpaired) electrons. The molecule has 1 heterocycles. The van der Waals surface area contributed by atoms with Crippen LogP contribution in [0.2, 0.25) is 5.02 Å². The van der Waals surface area contributed by atoms with Gasteiger partial charge in [-0.25, -0.2) is 0 Å². The van der Waals surface area contributed by atoms with Gasteiger partial charge in [0, 0.05) is 5.54 Å². The Morgan fingerprint density at radius 1 is 1.37 bits per heavy atom. The van der Waals surface area contributed by atoms with Gasteiger partial charge < -0.3 is 10.6 Å². The lowest BCUT2D eigenvalue weighted by Gasteiger charge is -2.35. The Balaban J connectivity index is 0.00000180. The second kappa shape index (κ2) is 6.60. The van der Waals surface area contributed by atoms with Crippen molar-refractivity contribution in [1.29, 1.82) is 0 Å². The first-order valence-corrected chi connectivity index (χ1v) is 6.67. The highest BCUT2D eigenvalue weighted by Gasteiger charge is 2.29. The highest BCUT2D eigenvalue weighted by Crippen LogP contribution is 2.21. The van der Waals surface area contributed by atoms with Gasteiger partial charge in [0.25, 0.3) is 5.91 Å². The van der Waals surface area contributed by atoms with E-state index in [0.29, 0.717) is 10.6 Å². The zero-order chi connectivity index (χ0) is 13.2. The molecule has 0 aromatic heterocycles. The second-order valence-corrected chi connectivity index (χ2v) is 5.66. The molecule has 1 saturated heterocycles. The van der Waals surface area contributed by atoms with E-state index in [9.17, 15) is 4.79 Å². The summed E-state index contributed by atoms with van der Waals surface area (Å²) in [4.78, 5) is 12.2. The van der Waals surface area contributed by atoms with Gasteiger partial charge in [0.05, 0.1) is 10.6 Å². The van der Waals surface area contributed by atoms with E-state index in [4.69, 9.17) is 11.6 Å². The monoisotopic (exact) mass is 302 g/mol. The number of halogens is 2. The molecular formula is C14H20Cl2N2O. The van der Waals surface area contributed by atoms with Crippen molar-refractivity contribution >= 4 is 29.9 Å². The van der Waals surface area contributed by atoms with Crippen LogP contribution in [0, 0.1) is 6.92 Å². The van der Waals surface area contributed by atoms with Crippen LogP contribution in [0.5, 0.6) is 0 Å². The van der Waals surface area contributed by atoms with E-state index < -0.39 is 0 Å². The Morgan fingerprint density at radius 3 is 2.58 bits per heavy atom. The van der Waals surface area contributed by atoms with Crippen molar-refractivity contribution in [3.05, 3.63) is 34.3 Å². The Bertz CT molecular complexity index is 457. The lowest BCUT2D eigenvalue weighted by Crippen LogP contribution is -2.52. The maximum atomic E-state index is 12.2. The molecule has 1 amide bonds. The maximum absolute atomic E-state index is 12.2. The van der Waals surface area contributed by atoms with E-state index >= 15 is 0 Å². The van der Waals surface area contributed by atoms with E-state index in [1.807, 2.05) is 19.1 Å². The first-order chi connectivity index (χ1) is 8.50. The molecule has 5 heteroatoms. The molecule has 0 saturated carbocycles. The Labute approximate surface area is 125 Å². The molecule has 1 aliphatic rings. The molecule has 19 heavy (non-hydrogen) atoms. The minimum Gasteiger partial charge on any atom is -0.347 e. The molecule has 0 atom stereocenters. The number of rotatable bonds is 2. The zero-order valence-electron chi connectivity index (χ0n) is 11.3. The first kappa shape index (κ1) is 16.3. The summed E-state index contributed by atoms with van der Waals surface area (Å²) in [6.07, 6.45) is 1.89. The van der Waals surface area contributed by atoms with Gasteiger partial charge in [-0.3, -0.25) is 4.79 Å². The number of piperidine rings is 1. The molecule has 3 nitrogen and oxygen atoms in total. The van der Waals surface area contributed by atoms with Crippen LogP contribution < -0.4 is 10.6 Å². The summed E-state index contributed by atoms with van der Waals surface area (Å²) in [6.45, 7) is 5.94. The van der Waals surface area contributed by atoms with E-state index in [1.165, 1.54) is 0 Å². The van der Waals surface area contributed by atoms with E-state index in [0.717, 1.165) is 31.5 Å². The Morgan fingerprint density at radius 2 is 2.00 bits per heavy atom. The van der Waals surface area contributed by atoms with Crippen molar-refractivity contribution in [3.8, 4) is 0 Å². The normalized spacial score (nSPS) is 17.4. The fourth-order valence-electron chi connectivity index (χ4n) is 2.25. The second-order valence-electron chi connectivity index (χ2n) is 5.25. The number of nitrogens with one attached hydrogen (secondary N) is 2. The summed E-state index contributed by atoms with van der Waals surface area (Å²) in [6, 6.07) is 5.52. The van der Waals surface area contributed by atoms with Crippen molar-refractivity contribution in [2.45, 2.75) is 32.2 Å². The van der Waals surface area contributed by atoms with Crippen LogP contribution >= 0.6 is 24.0 Å². The predicted molar refractivity (Wildman–Crippen MR) is 81.4 cm³/mol. The molecule has 0 spiro atoms. The summed E-state index contributed by atoms with van der Waals surface area (Å²) in [5.41, 5.74) is 1.49. The van der Waals surface area contributed by atoms with Crippen molar-refractivity contribution in [1.82, 2.24) is 10.6 Å². The standard InChI is InChI=1S/C14H19ClN2O.ClH/c1-10-3-4-11(12(15)9-10)13(18)17-14(2)5-7-16-8-6-14;/h3-4,9,16H,5-8H2,1-2H3,(H,17,18);1H. The molecule has 1 aliphatic heterocycles. The third kappa shape index (κ3) is 4.10. The third-order valence-electron chi connectivity index (χ3n) is 3.49. The molecule has 0 unspecified atom stereocenters. The average Bonchev–Trinajstić information content (AvgIpc) is 2.28. The average molecular weight is 303 g/mol. The van der Waals surface area contributed by atoms with Gasteiger partial charge in [0.1, 0.15) is 0 Å². The van der Waals surface area contributed by atoms with Crippen molar-refractivity contribution in [2.75, 3.05) is 13.1 Å². The fraction of sp³-hybridized carbons (Fsp3) is 0.500. The van der Waals surface area contributed by atoms with Gasteiger partial charge in [0.2, 0.25) is 0 Å². The highest BCUT2D eigenvalue weighted by atomic mass is 35.5. The smallest absolute Gasteiger partial charge is 0.253 e. The number of amides is 1. The topological polar surface area (TPSA) is 41.1 Å². The lowest BCUT2D eigenvalue weighted by molar-refractivity contribution is 0.0887. The van der Waals surface area contributed by atoms with E-state index in [2.05, 4.69) is 17.6 Å². The van der Waals surface area contributed by atoms with Gasteiger partial charge >= 0.3 is 0 Å². The summed E-state index contributed by atoms with van der Waals surface area (Å²) >= 11 is 6.11. The fourth-order valence-corrected chi connectivity index (χ4v) is 2.57. The third-order valence-corrected chi connectivity index (χ3v) is 3.80. The number of hydrogen-bond donors (Lipinski definition) is 2. The summed E-state index contributed by atoms with van der Waals surface area (Å²) < 4.78 is 0. The summed E-state index contributed by atoms with van der Waals surface area (Å²) in [7, 11) is 0. The number of carbonyl (C=O) groups excluding carboxylic acids is 1. The molecular weight excluding hydrogens is 283 g/mol. The molecule has 106 valence electrons. The van der Waals surface area contributed by atoms with Crippen LogP contribution in [0.3, 0.4) is 0 Å². The number of aryl methyl sites for hydroxylation is 1. The zero-order valence-corrected chi connectivity index (χ0v) is 12.8. The van der Waals surface area contributed by atoms with Crippen molar-refractivity contribution in [3.63, 3.8) is 0 Å². The molecule has 0 aliphatic carbocycles. The molecule has 0 bridgehead atoms. The van der Waals surface area contributed by atoms with Crippen molar-refractivity contribution in [2.24, 2.45) is 0 Å². The van der Waals surface area contributed by atoms with Crippen LogP contribution in [0.4, 0.5) is 0 Å².